The minimum absolute atomic E-state index is 0.136. The molecule has 136 valence electrons. The smallest absolute Gasteiger partial charge is 0.306 e. The Kier molecular flexibility index (Phi) is 5.20. The van der Waals surface area contributed by atoms with Crippen LogP contribution in [0.5, 0.6) is 5.75 Å². The van der Waals surface area contributed by atoms with Crippen LogP contribution in [0.1, 0.15) is 41.6 Å². The first-order valence-corrected chi connectivity index (χ1v) is 9.31. The van der Waals surface area contributed by atoms with E-state index < -0.39 is 0 Å². The molecule has 1 saturated heterocycles. The normalized spacial score (nSPS) is 19.3. The van der Waals surface area contributed by atoms with Gasteiger partial charge in [0, 0.05) is 12.3 Å². The number of benzene rings is 3. The predicted molar refractivity (Wildman–Crippen MR) is 104 cm³/mol. The lowest BCUT2D eigenvalue weighted by Crippen LogP contribution is -2.24. The van der Waals surface area contributed by atoms with Crippen molar-refractivity contribution in [3.05, 3.63) is 102 Å². The molecule has 1 aliphatic rings. The summed E-state index contributed by atoms with van der Waals surface area (Å²) in [5.74, 6) is 0.806. The minimum atomic E-state index is -0.283. The highest BCUT2D eigenvalue weighted by Crippen LogP contribution is 2.41. The molecular weight excluding hydrogens is 336 g/mol. The molecule has 3 aromatic carbocycles. The molecule has 0 bridgehead atoms. The summed E-state index contributed by atoms with van der Waals surface area (Å²) in [7, 11) is 0. The third-order valence-corrected chi connectivity index (χ3v) is 4.95. The van der Waals surface area contributed by atoms with Crippen LogP contribution in [0.4, 0.5) is 0 Å². The number of hydrogen-bond donors (Lipinski definition) is 0. The Morgan fingerprint density at radius 3 is 2.33 bits per heavy atom. The lowest BCUT2D eigenvalue weighted by molar-refractivity contribution is -0.155. The zero-order valence-electron chi connectivity index (χ0n) is 15.1. The van der Waals surface area contributed by atoms with E-state index in [1.165, 1.54) is 5.56 Å². The second-order valence-electron chi connectivity index (χ2n) is 6.81. The lowest BCUT2D eigenvalue weighted by atomic mass is 9.84. The van der Waals surface area contributed by atoms with E-state index in [9.17, 15) is 4.79 Å². The Morgan fingerprint density at radius 1 is 0.852 bits per heavy atom. The van der Waals surface area contributed by atoms with Gasteiger partial charge >= 0.3 is 5.97 Å². The van der Waals surface area contributed by atoms with Crippen molar-refractivity contribution in [3.8, 4) is 5.75 Å². The molecule has 0 unspecified atom stereocenters. The van der Waals surface area contributed by atoms with Gasteiger partial charge in [-0.3, -0.25) is 4.79 Å². The number of ether oxygens (including phenoxy) is 2. The highest BCUT2D eigenvalue weighted by Gasteiger charge is 2.33. The van der Waals surface area contributed by atoms with E-state index in [0.717, 1.165) is 23.3 Å². The second kappa shape index (κ2) is 8.09. The number of carbonyl (C=O) groups is 1. The first-order valence-electron chi connectivity index (χ1n) is 9.31. The summed E-state index contributed by atoms with van der Waals surface area (Å²) in [6.07, 6.45) is 0.969. The van der Waals surface area contributed by atoms with Crippen molar-refractivity contribution in [2.45, 2.75) is 31.5 Å². The van der Waals surface area contributed by atoms with Crippen molar-refractivity contribution >= 4 is 5.97 Å². The first kappa shape index (κ1) is 17.3. The van der Waals surface area contributed by atoms with Crippen LogP contribution >= 0.6 is 0 Å². The summed E-state index contributed by atoms with van der Waals surface area (Å²) in [4.78, 5) is 12.0. The van der Waals surface area contributed by atoms with E-state index in [2.05, 4.69) is 12.1 Å². The van der Waals surface area contributed by atoms with Crippen molar-refractivity contribution in [2.24, 2.45) is 0 Å². The van der Waals surface area contributed by atoms with Crippen LogP contribution in [-0.4, -0.2) is 5.97 Å². The molecule has 3 heteroatoms. The molecule has 3 aromatic rings. The van der Waals surface area contributed by atoms with Crippen LogP contribution < -0.4 is 4.74 Å². The van der Waals surface area contributed by atoms with Crippen LogP contribution in [0.25, 0.3) is 0 Å². The van der Waals surface area contributed by atoms with Crippen molar-refractivity contribution in [3.63, 3.8) is 0 Å². The number of hydrogen-bond acceptors (Lipinski definition) is 3. The van der Waals surface area contributed by atoms with Gasteiger partial charge in [0.2, 0.25) is 0 Å². The van der Waals surface area contributed by atoms with Gasteiger partial charge in [-0.25, -0.2) is 0 Å². The van der Waals surface area contributed by atoms with Crippen LogP contribution in [0, 0.1) is 0 Å². The molecular formula is C24H22O3. The summed E-state index contributed by atoms with van der Waals surface area (Å²) in [6.45, 7) is 0.511. The highest BCUT2D eigenvalue weighted by molar-refractivity contribution is 5.71. The molecule has 3 nitrogen and oxygen atoms in total. The molecule has 0 N–H and O–H groups in total. The number of carbonyl (C=O) groups excluding carboxylic acids is 1. The van der Waals surface area contributed by atoms with E-state index in [-0.39, 0.29) is 18.0 Å². The maximum Gasteiger partial charge on any atom is 0.306 e. The van der Waals surface area contributed by atoms with Crippen LogP contribution in [0.2, 0.25) is 0 Å². The van der Waals surface area contributed by atoms with Crippen molar-refractivity contribution in [1.29, 1.82) is 0 Å². The molecule has 1 aliphatic heterocycles. The Bertz CT molecular complexity index is 890. The minimum Gasteiger partial charge on any atom is -0.489 e. The van der Waals surface area contributed by atoms with Gasteiger partial charge in [-0.05, 0) is 35.2 Å². The Morgan fingerprint density at radius 2 is 1.56 bits per heavy atom. The van der Waals surface area contributed by atoms with Gasteiger partial charge in [-0.1, -0.05) is 72.8 Å². The summed E-state index contributed by atoms with van der Waals surface area (Å²) in [5, 5.41) is 0. The summed E-state index contributed by atoms with van der Waals surface area (Å²) < 4.78 is 11.7. The molecule has 4 rings (SSSR count). The summed E-state index contributed by atoms with van der Waals surface area (Å²) >= 11 is 0. The number of rotatable bonds is 5. The fourth-order valence-electron chi connectivity index (χ4n) is 3.57. The van der Waals surface area contributed by atoms with E-state index in [4.69, 9.17) is 9.47 Å². The molecule has 1 fully saturated rings. The van der Waals surface area contributed by atoms with Gasteiger partial charge in [0.15, 0.2) is 0 Å². The molecule has 1 heterocycles. The third kappa shape index (κ3) is 4.20. The fourth-order valence-corrected chi connectivity index (χ4v) is 3.57. The molecule has 0 amide bonds. The molecule has 0 spiro atoms. The van der Waals surface area contributed by atoms with E-state index in [1.807, 2.05) is 72.8 Å². The lowest BCUT2D eigenvalue weighted by Gasteiger charge is -2.32. The van der Waals surface area contributed by atoms with E-state index in [1.54, 1.807) is 0 Å². The standard InChI is InChI=1S/C24H22O3/c25-23-15-14-22(19-10-5-2-6-11-19)24(27-23)20-12-7-13-21(16-20)26-17-18-8-3-1-4-9-18/h1-13,16,22,24H,14-15,17H2/t22-,24+/m1/s1. The van der Waals surface area contributed by atoms with Crippen LogP contribution in [-0.2, 0) is 16.1 Å². The van der Waals surface area contributed by atoms with Gasteiger partial charge in [0.05, 0.1) is 0 Å². The average Bonchev–Trinajstić information content (AvgIpc) is 2.74. The zero-order chi connectivity index (χ0) is 18.5. The SMILES string of the molecule is O=C1CC[C@H](c2ccccc2)[C@H](c2cccc(OCc3ccccc3)c2)O1. The fraction of sp³-hybridized carbons (Fsp3) is 0.208. The van der Waals surface area contributed by atoms with Gasteiger partial charge in [-0.15, -0.1) is 0 Å². The van der Waals surface area contributed by atoms with Crippen molar-refractivity contribution < 1.29 is 14.3 Å². The largest absolute Gasteiger partial charge is 0.489 e. The second-order valence-corrected chi connectivity index (χ2v) is 6.81. The molecule has 0 aromatic heterocycles. The number of cyclic esters (lactones) is 1. The Labute approximate surface area is 159 Å². The van der Waals surface area contributed by atoms with Crippen molar-refractivity contribution in [2.75, 3.05) is 0 Å². The molecule has 0 radical (unpaired) electrons. The monoisotopic (exact) mass is 358 g/mol. The third-order valence-electron chi connectivity index (χ3n) is 4.95. The van der Waals surface area contributed by atoms with E-state index in [0.29, 0.717) is 13.0 Å². The first-order chi connectivity index (χ1) is 13.3. The van der Waals surface area contributed by atoms with Gasteiger partial charge in [-0.2, -0.15) is 0 Å². The van der Waals surface area contributed by atoms with Crippen LogP contribution in [0.3, 0.4) is 0 Å². The average molecular weight is 358 g/mol. The zero-order valence-corrected chi connectivity index (χ0v) is 15.1. The number of esters is 1. The van der Waals surface area contributed by atoms with Crippen LogP contribution in [0.15, 0.2) is 84.9 Å². The van der Waals surface area contributed by atoms with E-state index >= 15 is 0 Å². The topological polar surface area (TPSA) is 35.5 Å². The van der Waals surface area contributed by atoms with Gasteiger partial charge < -0.3 is 9.47 Å². The Hall–Kier alpha value is -3.07. The molecule has 0 aliphatic carbocycles. The summed E-state index contributed by atoms with van der Waals surface area (Å²) in [6, 6.07) is 28.2. The van der Waals surface area contributed by atoms with Crippen molar-refractivity contribution in [1.82, 2.24) is 0 Å². The molecule has 0 saturated carbocycles. The predicted octanol–water partition coefficient (Wildman–Crippen LogP) is 5.43. The molecule has 2 atom stereocenters. The maximum atomic E-state index is 12.0. The Balaban J connectivity index is 1.56. The quantitative estimate of drug-likeness (QED) is 0.571. The summed E-state index contributed by atoms with van der Waals surface area (Å²) in [5.41, 5.74) is 3.29. The van der Waals surface area contributed by atoms with Gasteiger partial charge in [0.1, 0.15) is 18.5 Å². The molecule has 27 heavy (non-hydrogen) atoms. The highest BCUT2D eigenvalue weighted by atomic mass is 16.5. The maximum absolute atomic E-state index is 12.0. The van der Waals surface area contributed by atoms with Gasteiger partial charge in [0.25, 0.3) is 0 Å².